The fraction of sp³-hybridized carbons (Fsp3) is 0.125. The molecule has 0 unspecified atom stereocenters. The molecule has 21 heavy (non-hydrogen) atoms. The number of hydrogen-bond acceptors (Lipinski definition) is 3. The summed E-state index contributed by atoms with van der Waals surface area (Å²) in [6.07, 6.45) is 2.98. The maximum atomic E-state index is 11.7. The molecule has 0 aliphatic carbocycles. The number of thiocarbonyl (C=S) groups is 1. The third-order valence-corrected chi connectivity index (χ3v) is 2.94. The Morgan fingerprint density at radius 3 is 2.67 bits per heavy atom. The van der Waals surface area contributed by atoms with E-state index in [1.807, 2.05) is 43.3 Å². The van der Waals surface area contributed by atoms with Crippen molar-refractivity contribution in [3.05, 3.63) is 65.6 Å². The second-order valence-electron chi connectivity index (χ2n) is 4.44. The molecule has 2 rings (SSSR count). The van der Waals surface area contributed by atoms with Crippen molar-refractivity contribution in [1.29, 1.82) is 0 Å². The van der Waals surface area contributed by atoms with E-state index in [0.717, 1.165) is 11.3 Å². The highest BCUT2D eigenvalue weighted by Crippen LogP contribution is 2.07. The van der Waals surface area contributed by atoms with Crippen LogP contribution in [-0.2, 0) is 11.3 Å². The molecule has 5 heteroatoms. The molecule has 0 spiro atoms. The van der Waals surface area contributed by atoms with Crippen molar-refractivity contribution in [1.82, 2.24) is 10.6 Å². The second-order valence-corrected chi connectivity index (χ2v) is 4.85. The van der Waals surface area contributed by atoms with Gasteiger partial charge in [-0.25, -0.2) is 0 Å². The van der Waals surface area contributed by atoms with Crippen LogP contribution in [0.3, 0.4) is 0 Å². The average Bonchev–Trinajstić information content (AvgIpc) is 2.90. The average molecular weight is 300 g/mol. The monoisotopic (exact) mass is 300 g/mol. The lowest BCUT2D eigenvalue weighted by molar-refractivity contribution is -0.115. The molecule has 0 saturated carbocycles. The summed E-state index contributed by atoms with van der Waals surface area (Å²) in [6, 6.07) is 13.5. The van der Waals surface area contributed by atoms with Crippen LogP contribution in [-0.4, -0.2) is 11.0 Å². The Kier molecular flexibility index (Phi) is 5.29. The van der Waals surface area contributed by atoms with Crippen molar-refractivity contribution < 1.29 is 9.21 Å². The lowest BCUT2D eigenvalue weighted by atomic mass is 10.2. The maximum absolute atomic E-state index is 11.7. The molecule has 1 amide bonds. The highest BCUT2D eigenvalue weighted by atomic mass is 32.1. The number of amides is 1. The fourth-order valence-corrected chi connectivity index (χ4v) is 1.85. The quantitative estimate of drug-likeness (QED) is 0.673. The molecule has 2 aromatic rings. The van der Waals surface area contributed by atoms with Gasteiger partial charge < -0.3 is 9.73 Å². The predicted molar refractivity (Wildman–Crippen MR) is 86.5 cm³/mol. The zero-order valence-electron chi connectivity index (χ0n) is 11.6. The number of benzene rings is 1. The van der Waals surface area contributed by atoms with E-state index in [4.69, 9.17) is 16.6 Å². The Morgan fingerprint density at radius 1 is 1.24 bits per heavy atom. The summed E-state index contributed by atoms with van der Waals surface area (Å²) in [4.78, 5) is 11.7. The van der Waals surface area contributed by atoms with Gasteiger partial charge in [0.2, 0.25) is 5.91 Å². The largest absolute Gasteiger partial charge is 0.462 e. The zero-order chi connectivity index (χ0) is 15.1. The lowest BCUT2D eigenvalue weighted by Gasteiger charge is -2.07. The van der Waals surface area contributed by atoms with E-state index >= 15 is 0 Å². The van der Waals surface area contributed by atoms with Crippen LogP contribution in [0.25, 0.3) is 6.08 Å². The molecular formula is C16H16N2O2S. The van der Waals surface area contributed by atoms with E-state index < -0.39 is 0 Å². The first-order chi connectivity index (χ1) is 10.1. The summed E-state index contributed by atoms with van der Waals surface area (Å²) >= 11 is 5.06. The molecule has 4 nitrogen and oxygen atoms in total. The Morgan fingerprint density at radius 2 is 2.00 bits per heavy atom. The Hall–Kier alpha value is -2.40. The van der Waals surface area contributed by atoms with E-state index in [1.165, 1.54) is 6.08 Å². The number of hydrogen-bond donors (Lipinski definition) is 2. The third-order valence-electron chi connectivity index (χ3n) is 2.69. The van der Waals surface area contributed by atoms with Crippen molar-refractivity contribution in [3.8, 4) is 0 Å². The van der Waals surface area contributed by atoms with E-state index in [-0.39, 0.29) is 5.91 Å². The Balaban J connectivity index is 1.77. The first-order valence-corrected chi connectivity index (χ1v) is 6.91. The van der Waals surface area contributed by atoms with Crippen molar-refractivity contribution in [2.24, 2.45) is 0 Å². The molecule has 0 bridgehead atoms. The number of nitrogens with one attached hydrogen (secondary N) is 2. The van der Waals surface area contributed by atoms with Gasteiger partial charge in [-0.15, -0.1) is 0 Å². The smallest absolute Gasteiger partial charge is 0.250 e. The minimum atomic E-state index is -0.297. The number of carbonyl (C=O) groups excluding carboxylic acids is 1. The van der Waals surface area contributed by atoms with Crippen molar-refractivity contribution >= 4 is 29.3 Å². The molecule has 0 aliphatic heterocycles. The number of rotatable bonds is 4. The number of carbonyl (C=O) groups is 1. The van der Waals surface area contributed by atoms with Gasteiger partial charge in [-0.2, -0.15) is 0 Å². The highest BCUT2D eigenvalue weighted by molar-refractivity contribution is 7.80. The van der Waals surface area contributed by atoms with Crippen molar-refractivity contribution in [2.75, 3.05) is 0 Å². The van der Waals surface area contributed by atoms with Crippen molar-refractivity contribution in [2.45, 2.75) is 13.5 Å². The summed E-state index contributed by atoms with van der Waals surface area (Å²) in [7, 11) is 0. The van der Waals surface area contributed by atoms with Crippen LogP contribution >= 0.6 is 12.2 Å². The van der Waals surface area contributed by atoms with E-state index in [0.29, 0.717) is 17.4 Å². The first-order valence-electron chi connectivity index (χ1n) is 6.51. The first kappa shape index (κ1) is 15.0. The van der Waals surface area contributed by atoms with Crippen LogP contribution in [0.2, 0.25) is 0 Å². The van der Waals surface area contributed by atoms with E-state index in [1.54, 1.807) is 12.1 Å². The zero-order valence-corrected chi connectivity index (χ0v) is 12.4. The van der Waals surface area contributed by atoms with Crippen LogP contribution in [0.1, 0.15) is 17.1 Å². The van der Waals surface area contributed by atoms with Crippen LogP contribution in [0.4, 0.5) is 0 Å². The molecule has 0 saturated heterocycles. The van der Waals surface area contributed by atoms with Gasteiger partial charge in [-0.05, 0) is 42.9 Å². The maximum Gasteiger partial charge on any atom is 0.250 e. The summed E-state index contributed by atoms with van der Waals surface area (Å²) in [5.41, 5.74) is 1.09. The molecule has 108 valence electrons. The van der Waals surface area contributed by atoms with Gasteiger partial charge >= 0.3 is 0 Å². The molecule has 0 aliphatic rings. The minimum absolute atomic E-state index is 0.295. The molecular weight excluding hydrogens is 284 g/mol. The predicted octanol–water partition coefficient (Wildman–Crippen LogP) is 2.79. The number of aryl methyl sites for hydroxylation is 1. The van der Waals surface area contributed by atoms with Crippen LogP contribution in [0.5, 0.6) is 0 Å². The topological polar surface area (TPSA) is 54.3 Å². The van der Waals surface area contributed by atoms with E-state index in [9.17, 15) is 4.79 Å². The van der Waals surface area contributed by atoms with Crippen molar-refractivity contribution in [3.63, 3.8) is 0 Å². The molecule has 0 radical (unpaired) electrons. The summed E-state index contributed by atoms with van der Waals surface area (Å²) in [5.74, 6) is 1.13. The van der Waals surface area contributed by atoms with Gasteiger partial charge in [-0.3, -0.25) is 10.1 Å². The minimum Gasteiger partial charge on any atom is -0.462 e. The van der Waals surface area contributed by atoms with E-state index in [2.05, 4.69) is 10.6 Å². The Labute approximate surface area is 128 Å². The molecule has 1 aromatic carbocycles. The SMILES string of the molecule is Cc1ccc(/C=C/C(=O)NC(=S)NCc2ccccc2)o1. The lowest BCUT2D eigenvalue weighted by Crippen LogP contribution is -2.37. The van der Waals surface area contributed by atoms with Gasteiger partial charge in [-0.1, -0.05) is 30.3 Å². The van der Waals surface area contributed by atoms with Gasteiger partial charge in [0.25, 0.3) is 0 Å². The van der Waals surface area contributed by atoms with Gasteiger partial charge in [0.05, 0.1) is 0 Å². The summed E-state index contributed by atoms with van der Waals surface area (Å²) in [5, 5.41) is 5.85. The summed E-state index contributed by atoms with van der Waals surface area (Å²) in [6.45, 7) is 2.42. The standard InChI is InChI=1S/C16H16N2O2S/c1-12-7-8-14(20-12)9-10-15(19)18-16(21)17-11-13-5-3-2-4-6-13/h2-10H,11H2,1H3,(H2,17,18,19,21)/b10-9+. The normalized spacial score (nSPS) is 10.5. The second kappa shape index (κ2) is 7.40. The molecule has 2 N–H and O–H groups in total. The van der Waals surface area contributed by atoms with Crippen LogP contribution < -0.4 is 10.6 Å². The van der Waals surface area contributed by atoms with Gasteiger partial charge in [0, 0.05) is 12.6 Å². The third kappa shape index (κ3) is 5.24. The number of furan rings is 1. The molecule has 1 aromatic heterocycles. The molecule has 0 fully saturated rings. The van der Waals surface area contributed by atoms with Gasteiger partial charge in [0.1, 0.15) is 11.5 Å². The molecule has 0 atom stereocenters. The van der Waals surface area contributed by atoms with Gasteiger partial charge in [0.15, 0.2) is 5.11 Å². The molecule has 1 heterocycles. The summed E-state index contributed by atoms with van der Waals surface area (Å²) < 4.78 is 5.33. The fourth-order valence-electron chi connectivity index (χ4n) is 1.68. The van der Waals surface area contributed by atoms with Crippen LogP contribution in [0.15, 0.2) is 53.0 Å². The highest BCUT2D eigenvalue weighted by Gasteiger charge is 2.01. The Bertz CT molecular complexity index is 647. The van der Waals surface area contributed by atoms with Crippen LogP contribution in [0, 0.1) is 6.92 Å².